The van der Waals surface area contributed by atoms with Gasteiger partial charge < -0.3 is 4.74 Å². The molecule has 3 heteroatoms. The molecule has 0 spiro atoms. The van der Waals surface area contributed by atoms with E-state index < -0.39 is 0 Å². The second-order valence-electron chi connectivity index (χ2n) is 7.70. The monoisotopic (exact) mass is 378 g/mol. The molecule has 0 N–H and O–H groups in total. The van der Waals surface area contributed by atoms with Crippen LogP contribution in [0.5, 0.6) is 0 Å². The second kappa shape index (κ2) is 15.7. The van der Waals surface area contributed by atoms with E-state index in [0.717, 1.165) is 12.8 Å². The van der Waals surface area contributed by atoms with Gasteiger partial charge in [0, 0.05) is 0 Å². The van der Waals surface area contributed by atoms with E-state index >= 15 is 0 Å². The van der Waals surface area contributed by atoms with E-state index in [9.17, 15) is 9.18 Å². The van der Waals surface area contributed by atoms with Gasteiger partial charge in [-0.1, -0.05) is 90.4 Å². The van der Waals surface area contributed by atoms with E-state index in [-0.39, 0.29) is 11.8 Å². The van der Waals surface area contributed by atoms with Crippen LogP contribution >= 0.6 is 0 Å². The van der Waals surface area contributed by atoms with Crippen LogP contribution in [-0.2, 0) is 4.74 Å². The first-order chi connectivity index (χ1) is 13.1. The van der Waals surface area contributed by atoms with Crippen molar-refractivity contribution < 1.29 is 13.9 Å². The van der Waals surface area contributed by atoms with Crippen molar-refractivity contribution in [1.29, 1.82) is 0 Å². The van der Waals surface area contributed by atoms with E-state index in [1.165, 1.54) is 89.2 Å². The number of ether oxygens (including phenoxy) is 1. The van der Waals surface area contributed by atoms with Gasteiger partial charge >= 0.3 is 5.97 Å². The first-order valence-electron chi connectivity index (χ1n) is 11.1. The highest BCUT2D eigenvalue weighted by Gasteiger charge is 2.08. The number of rotatable bonds is 16. The average molecular weight is 379 g/mol. The largest absolute Gasteiger partial charge is 0.462 e. The van der Waals surface area contributed by atoms with Crippen molar-refractivity contribution in [3.05, 3.63) is 35.1 Å². The van der Waals surface area contributed by atoms with E-state index in [4.69, 9.17) is 4.74 Å². The zero-order chi connectivity index (χ0) is 19.7. The molecular weight excluding hydrogens is 339 g/mol. The molecule has 2 nitrogen and oxygen atoms in total. The Morgan fingerprint density at radius 3 is 1.78 bits per heavy atom. The third-order valence-corrected chi connectivity index (χ3v) is 5.12. The Morgan fingerprint density at radius 2 is 1.30 bits per heavy atom. The fourth-order valence-corrected chi connectivity index (χ4v) is 3.32. The molecule has 0 aliphatic carbocycles. The summed E-state index contributed by atoms with van der Waals surface area (Å²) >= 11 is 0. The zero-order valence-corrected chi connectivity index (χ0v) is 17.5. The van der Waals surface area contributed by atoms with Crippen molar-refractivity contribution in [3.63, 3.8) is 0 Å². The molecule has 27 heavy (non-hydrogen) atoms. The quantitative estimate of drug-likeness (QED) is 0.217. The lowest BCUT2D eigenvalue weighted by molar-refractivity contribution is 0.0497. The molecule has 0 radical (unpaired) electrons. The fraction of sp³-hybridized carbons (Fsp3) is 0.708. The van der Waals surface area contributed by atoms with Gasteiger partial charge in [-0.3, -0.25) is 0 Å². The van der Waals surface area contributed by atoms with E-state index in [2.05, 4.69) is 6.92 Å². The van der Waals surface area contributed by atoms with Crippen LogP contribution in [-0.4, -0.2) is 12.6 Å². The van der Waals surface area contributed by atoms with E-state index in [1.807, 2.05) is 0 Å². The maximum atomic E-state index is 13.2. The minimum absolute atomic E-state index is 0.293. The topological polar surface area (TPSA) is 26.3 Å². The molecule has 1 rings (SSSR count). The summed E-state index contributed by atoms with van der Waals surface area (Å²) in [6.07, 6.45) is 18.3. The number of aryl methyl sites for hydroxylation is 1. The Kier molecular flexibility index (Phi) is 13.7. The Hall–Kier alpha value is -1.38. The normalized spacial score (nSPS) is 10.9. The third kappa shape index (κ3) is 11.8. The Bertz CT molecular complexity index is 513. The summed E-state index contributed by atoms with van der Waals surface area (Å²) in [6, 6.07) is 4.34. The Morgan fingerprint density at radius 1 is 0.815 bits per heavy atom. The average Bonchev–Trinajstić information content (AvgIpc) is 2.66. The lowest BCUT2D eigenvalue weighted by Gasteiger charge is -2.06. The summed E-state index contributed by atoms with van der Waals surface area (Å²) in [6.45, 7) is 4.37. The standard InChI is InChI=1S/C24H39FO2/c1-3-4-5-6-7-8-9-10-11-12-13-14-15-16-19-27-24(26)22-17-18-23(25)21(2)20-22/h17-18,20H,3-16,19H2,1-2H3. The minimum atomic E-state index is -0.354. The lowest BCUT2D eigenvalue weighted by atomic mass is 10.0. The number of halogens is 1. The highest BCUT2D eigenvalue weighted by Crippen LogP contribution is 2.14. The molecule has 0 amide bonds. The van der Waals surface area contributed by atoms with Crippen LogP contribution in [0.15, 0.2) is 18.2 Å². The van der Waals surface area contributed by atoms with Gasteiger partial charge in [0.15, 0.2) is 0 Å². The first kappa shape index (κ1) is 23.7. The second-order valence-corrected chi connectivity index (χ2v) is 7.70. The summed E-state index contributed by atoms with van der Waals surface area (Å²) in [4.78, 5) is 11.9. The summed E-state index contributed by atoms with van der Waals surface area (Å²) in [5.74, 6) is -0.647. The predicted molar refractivity (Wildman–Crippen MR) is 112 cm³/mol. The van der Waals surface area contributed by atoms with Crippen LogP contribution in [0, 0.1) is 12.7 Å². The van der Waals surface area contributed by atoms with Crippen molar-refractivity contribution in [2.24, 2.45) is 0 Å². The Labute approximate surface area is 165 Å². The molecule has 0 aliphatic rings. The molecule has 0 bridgehead atoms. The SMILES string of the molecule is CCCCCCCCCCCCCCCCOC(=O)c1ccc(F)c(C)c1. The highest BCUT2D eigenvalue weighted by atomic mass is 19.1. The predicted octanol–water partition coefficient (Wildman–Crippen LogP) is 7.77. The van der Waals surface area contributed by atoms with Gasteiger partial charge in [-0.25, -0.2) is 9.18 Å². The minimum Gasteiger partial charge on any atom is -0.462 e. The van der Waals surface area contributed by atoms with Gasteiger partial charge in [0.05, 0.1) is 12.2 Å². The highest BCUT2D eigenvalue weighted by molar-refractivity contribution is 5.89. The number of hydrogen-bond acceptors (Lipinski definition) is 2. The molecule has 0 atom stereocenters. The molecule has 1 aromatic carbocycles. The molecule has 0 unspecified atom stereocenters. The van der Waals surface area contributed by atoms with Crippen molar-refractivity contribution in [3.8, 4) is 0 Å². The summed E-state index contributed by atoms with van der Waals surface area (Å²) in [5, 5.41) is 0. The Balaban J connectivity index is 1.87. The zero-order valence-electron chi connectivity index (χ0n) is 17.5. The number of hydrogen-bond donors (Lipinski definition) is 0. The molecule has 0 saturated carbocycles. The summed E-state index contributed by atoms with van der Waals surface area (Å²) in [5.41, 5.74) is 0.903. The molecule has 0 fully saturated rings. The molecule has 0 aliphatic heterocycles. The van der Waals surface area contributed by atoms with Gasteiger partial charge in [-0.2, -0.15) is 0 Å². The molecule has 0 saturated heterocycles. The van der Waals surface area contributed by atoms with Crippen molar-refractivity contribution >= 4 is 5.97 Å². The van der Waals surface area contributed by atoms with Crippen molar-refractivity contribution in [2.45, 2.75) is 104 Å². The van der Waals surface area contributed by atoms with Crippen molar-refractivity contribution in [2.75, 3.05) is 6.61 Å². The van der Waals surface area contributed by atoms with E-state index in [0.29, 0.717) is 17.7 Å². The summed E-state index contributed by atoms with van der Waals surface area (Å²) < 4.78 is 18.5. The van der Waals surface area contributed by atoms with Crippen LogP contribution < -0.4 is 0 Å². The molecule has 0 aromatic heterocycles. The molecule has 154 valence electrons. The van der Waals surface area contributed by atoms with Gasteiger partial charge in [0.2, 0.25) is 0 Å². The van der Waals surface area contributed by atoms with Crippen LogP contribution in [0.3, 0.4) is 0 Å². The number of benzene rings is 1. The number of carbonyl (C=O) groups excluding carboxylic acids is 1. The maximum absolute atomic E-state index is 13.2. The van der Waals surface area contributed by atoms with Crippen LogP contribution in [0.25, 0.3) is 0 Å². The first-order valence-corrected chi connectivity index (χ1v) is 11.1. The number of carbonyl (C=O) groups is 1. The van der Waals surface area contributed by atoms with Gasteiger partial charge in [-0.05, 0) is 37.1 Å². The van der Waals surface area contributed by atoms with Crippen LogP contribution in [0.1, 0.15) is 113 Å². The van der Waals surface area contributed by atoms with E-state index in [1.54, 1.807) is 13.0 Å². The van der Waals surface area contributed by atoms with Crippen molar-refractivity contribution in [1.82, 2.24) is 0 Å². The fourth-order valence-electron chi connectivity index (χ4n) is 3.32. The van der Waals surface area contributed by atoms with Gasteiger partial charge in [0.25, 0.3) is 0 Å². The van der Waals surface area contributed by atoms with Gasteiger partial charge in [0.1, 0.15) is 5.82 Å². The smallest absolute Gasteiger partial charge is 0.338 e. The maximum Gasteiger partial charge on any atom is 0.338 e. The third-order valence-electron chi connectivity index (χ3n) is 5.12. The van der Waals surface area contributed by atoms with Gasteiger partial charge in [-0.15, -0.1) is 0 Å². The van der Waals surface area contributed by atoms with Crippen LogP contribution in [0.4, 0.5) is 4.39 Å². The number of unbranched alkanes of at least 4 members (excludes halogenated alkanes) is 13. The van der Waals surface area contributed by atoms with Crippen LogP contribution in [0.2, 0.25) is 0 Å². The number of esters is 1. The molecule has 0 heterocycles. The lowest BCUT2D eigenvalue weighted by Crippen LogP contribution is -2.07. The molecule has 1 aromatic rings. The summed E-state index contributed by atoms with van der Waals surface area (Å²) in [7, 11) is 0. The molecular formula is C24H39FO2.